The molecule has 1 fully saturated rings. The van der Waals surface area contributed by atoms with Crippen LogP contribution in [0.4, 0.5) is 0 Å². The number of carboxylic acid groups (broad SMARTS) is 1. The summed E-state index contributed by atoms with van der Waals surface area (Å²) in [4.78, 5) is 11.0. The van der Waals surface area contributed by atoms with Gasteiger partial charge in [0.15, 0.2) is 0 Å². The maximum atomic E-state index is 12.0. The van der Waals surface area contributed by atoms with E-state index in [0.717, 1.165) is 12.8 Å². The van der Waals surface area contributed by atoms with Gasteiger partial charge in [-0.1, -0.05) is 26.7 Å². The number of carbonyl (C=O) groups is 1. The van der Waals surface area contributed by atoms with E-state index in [1.807, 2.05) is 13.8 Å². The summed E-state index contributed by atoms with van der Waals surface area (Å²) in [5.41, 5.74) is 0. The molecule has 1 aliphatic heterocycles. The van der Waals surface area contributed by atoms with Gasteiger partial charge in [-0.15, -0.1) is 0 Å². The van der Waals surface area contributed by atoms with Gasteiger partial charge in [0.2, 0.25) is 0 Å². The fourth-order valence-electron chi connectivity index (χ4n) is 2.01. The molecule has 0 aliphatic carbocycles. The monoisotopic (exact) mass is 278 g/mol. The zero-order valence-electron chi connectivity index (χ0n) is 10.9. The molecule has 106 valence electrons. The van der Waals surface area contributed by atoms with Gasteiger partial charge >= 0.3 is 5.97 Å². The van der Waals surface area contributed by atoms with Crippen LogP contribution in [0.25, 0.3) is 0 Å². The molecular formula is C11H22N2O4S. The second kappa shape index (κ2) is 6.49. The van der Waals surface area contributed by atoms with Crippen molar-refractivity contribution in [1.29, 1.82) is 0 Å². The fraction of sp³-hybridized carbons (Fsp3) is 0.909. The summed E-state index contributed by atoms with van der Waals surface area (Å²) in [6.45, 7) is 4.86. The third kappa shape index (κ3) is 4.22. The molecule has 0 spiro atoms. The molecule has 2 unspecified atom stereocenters. The molecule has 1 heterocycles. The van der Waals surface area contributed by atoms with Gasteiger partial charge in [-0.05, 0) is 18.8 Å². The van der Waals surface area contributed by atoms with Crippen LogP contribution in [0.1, 0.15) is 39.5 Å². The van der Waals surface area contributed by atoms with E-state index in [-0.39, 0.29) is 0 Å². The Morgan fingerprint density at radius 2 is 2.22 bits per heavy atom. The predicted molar refractivity (Wildman–Crippen MR) is 68.4 cm³/mol. The van der Waals surface area contributed by atoms with Gasteiger partial charge in [-0.25, -0.2) is 0 Å². The summed E-state index contributed by atoms with van der Waals surface area (Å²) in [6.07, 6.45) is 2.68. The van der Waals surface area contributed by atoms with Gasteiger partial charge in [0.1, 0.15) is 6.04 Å². The Morgan fingerprint density at radius 1 is 1.56 bits per heavy atom. The summed E-state index contributed by atoms with van der Waals surface area (Å²) < 4.78 is 27.6. The zero-order chi connectivity index (χ0) is 13.8. The van der Waals surface area contributed by atoms with Crippen molar-refractivity contribution in [3.63, 3.8) is 0 Å². The lowest BCUT2D eigenvalue weighted by atomic mass is 10.1. The minimum atomic E-state index is -3.67. The highest BCUT2D eigenvalue weighted by Crippen LogP contribution is 2.18. The number of nitrogens with zero attached hydrogens (tertiary/aromatic N) is 1. The van der Waals surface area contributed by atoms with Crippen molar-refractivity contribution in [2.24, 2.45) is 5.92 Å². The molecule has 1 aliphatic rings. The number of unbranched alkanes of at least 4 members (excludes halogenated alkanes) is 1. The Hall–Kier alpha value is -0.660. The number of nitrogens with one attached hydrogen (secondary N) is 1. The molecule has 0 saturated carbocycles. The first-order valence-electron chi connectivity index (χ1n) is 6.37. The van der Waals surface area contributed by atoms with Gasteiger partial charge in [0, 0.05) is 13.1 Å². The average Bonchev–Trinajstić information content (AvgIpc) is 2.71. The maximum absolute atomic E-state index is 12.0. The fourth-order valence-corrected chi connectivity index (χ4v) is 3.53. The molecule has 2 N–H and O–H groups in total. The molecule has 6 nitrogen and oxygen atoms in total. The summed E-state index contributed by atoms with van der Waals surface area (Å²) >= 11 is 0. The SMILES string of the molecule is CCCCC(NS(=O)(=O)N1CCC(C)C1)C(=O)O. The lowest BCUT2D eigenvalue weighted by Crippen LogP contribution is -2.47. The Labute approximate surface area is 109 Å². The van der Waals surface area contributed by atoms with Gasteiger partial charge in [-0.3, -0.25) is 4.79 Å². The zero-order valence-corrected chi connectivity index (χ0v) is 11.7. The minimum absolute atomic E-state index is 0.328. The highest BCUT2D eigenvalue weighted by atomic mass is 32.2. The predicted octanol–water partition coefficient (Wildman–Crippen LogP) is 0.806. The van der Waals surface area contributed by atoms with E-state index in [1.165, 1.54) is 4.31 Å². The smallest absolute Gasteiger partial charge is 0.321 e. The number of hydrogen-bond donors (Lipinski definition) is 2. The van der Waals surface area contributed by atoms with E-state index in [0.29, 0.717) is 31.8 Å². The normalized spacial score (nSPS) is 23.1. The van der Waals surface area contributed by atoms with Crippen molar-refractivity contribution >= 4 is 16.2 Å². The van der Waals surface area contributed by atoms with E-state index < -0.39 is 22.2 Å². The molecule has 18 heavy (non-hydrogen) atoms. The largest absolute Gasteiger partial charge is 0.480 e. The van der Waals surface area contributed by atoms with Gasteiger partial charge < -0.3 is 5.11 Å². The van der Waals surface area contributed by atoms with Crippen LogP contribution in [0, 0.1) is 5.92 Å². The molecular weight excluding hydrogens is 256 g/mol. The standard InChI is InChI=1S/C11H22N2O4S/c1-3-4-5-10(11(14)15)12-18(16,17)13-7-6-9(2)8-13/h9-10,12H,3-8H2,1-2H3,(H,14,15). The Kier molecular flexibility index (Phi) is 5.55. The summed E-state index contributed by atoms with van der Waals surface area (Å²) in [7, 11) is -3.67. The van der Waals surface area contributed by atoms with Gasteiger partial charge in [0.25, 0.3) is 10.2 Å². The first-order valence-corrected chi connectivity index (χ1v) is 7.81. The van der Waals surface area contributed by atoms with E-state index in [9.17, 15) is 13.2 Å². The lowest BCUT2D eigenvalue weighted by Gasteiger charge is -2.20. The summed E-state index contributed by atoms with van der Waals surface area (Å²) in [5, 5.41) is 9.01. The van der Waals surface area contributed by atoms with E-state index in [4.69, 9.17) is 5.11 Å². The van der Waals surface area contributed by atoms with Crippen LogP contribution in [0.2, 0.25) is 0 Å². The van der Waals surface area contributed by atoms with Crippen molar-refractivity contribution in [2.45, 2.75) is 45.6 Å². The first-order chi connectivity index (χ1) is 8.36. The van der Waals surface area contributed by atoms with Crippen molar-refractivity contribution in [1.82, 2.24) is 9.03 Å². The quantitative estimate of drug-likeness (QED) is 0.721. The summed E-state index contributed by atoms with van der Waals surface area (Å²) in [6, 6.07) is -1.02. The molecule has 0 radical (unpaired) electrons. The highest BCUT2D eigenvalue weighted by molar-refractivity contribution is 7.87. The van der Waals surface area contributed by atoms with Gasteiger partial charge in [-0.2, -0.15) is 17.4 Å². The summed E-state index contributed by atoms with van der Waals surface area (Å²) in [5.74, 6) is -0.778. The molecule has 2 atom stereocenters. The molecule has 0 aromatic rings. The van der Waals surface area contributed by atoms with Crippen LogP contribution >= 0.6 is 0 Å². The Balaban J connectivity index is 2.64. The van der Waals surface area contributed by atoms with Crippen molar-refractivity contribution in [3.05, 3.63) is 0 Å². The first kappa shape index (κ1) is 15.4. The van der Waals surface area contributed by atoms with Crippen LogP contribution in [-0.4, -0.2) is 42.9 Å². The van der Waals surface area contributed by atoms with Crippen LogP contribution in [-0.2, 0) is 15.0 Å². The highest BCUT2D eigenvalue weighted by Gasteiger charge is 2.32. The Morgan fingerprint density at radius 3 is 2.67 bits per heavy atom. The number of aliphatic carboxylic acids is 1. The third-order valence-corrected chi connectivity index (χ3v) is 4.76. The van der Waals surface area contributed by atoms with Crippen LogP contribution in [0.3, 0.4) is 0 Å². The number of hydrogen-bond acceptors (Lipinski definition) is 3. The molecule has 1 saturated heterocycles. The second-order valence-electron chi connectivity index (χ2n) is 4.91. The minimum Gasteiger partial charge on any atom is -0.480 e. The number of carboxylic acids is 1. The average molecular weight is 278 g/mol. The molecule has 7 heteroatoms. The van der Waals surface area contributed by atoms with E-state index in [2.05, 4.69) is 4.72 Å². The Bertz CT molecular complexity index is 383. The van der Waals surface area contributed by atoms with Crippen molar-refractivity contribution in [2.75, 3.05) is 13.1 Å². The molecule has 1 rings (SSSR count). The van der Waals surface area contributed by atoms with E-state index >= 15 is 0 Å². The van der Waals surface area contributed by atoms with Crippen LogP contribution in [0.15, 0.2) is 0 Å². The lowest BCUT2D eigenvalue weighted by molar-refractivity contribution is -0.139. The van der Waals surface area contributed by atoms with E-state index in [1.54, 1.807) is 0 Å². The van der Waals surface area contributed by atoms with Crippen molar-refractivity contribution < 1.29 is 18.3 Å². The topological polar surface area (TPSA) is 86.7 Å². The molecule has 0 aromatic heterocycles. The molecule has 0 amide bonds. The van der Waals surface area contributed by atoms with Gasteiger partial charge in [0.05, 0.1) is 0 Å². The molecule has 0 aromatic carbocycles. The second-order valence-corrected chi connectivity index (χ2v) is 6.61. The molecule has 0 bridgehead atoms. The van der Waals surface area contributed by atoms with Crippen LogP contribution < -0.4 is 4.72 Å². The number of rotatable bonds is 7. The van der Waals surface area contributed by atoms with Crippen molar-refractivity contribution in [3.8, 4) is 0 Å². The maximum Gasteiger partial charge on any atom is 0.321 e. The van der Waals surface area contributed by atoms with Crippen LogP contribution in [0.5, 0.6) is 0 Å². The third-order valence-electron chi connectivity index (χ3n) is 3.16.